The molecule has 3 aliphatic rings. The third kappa shape index (κ3) is 4.87. The molecule has 25 heavy (non-hydrogen) atoms. The zero-order chi connectivity index (χ0) is 17.1. The fraction of sp³-hybridized carbons (Fsp3) is 0.875. The smallest absolute Gasteiger partial charge is 0.426 e. The van der Waals surface area contributed by atoms with Crippen LogP contribution in [-0.4, -0.2) is 65.0 Å². The second-order valence-corrected chi connectivity index (χ2v) is 7.39. The van der Waals surface area contributed by atoms with Gasteiger partial charge < -0.3 is 25.6 Å². The average Bonchev–Trinajstić information content (AvgIpc) is 3.24. The zero-order valence-electron chi connectivity index (χ0n) is 14.5. The summed E-state index contributed by atoms with van der Waals surface area (Å²) in [6, 6.07) is -0.366. The fourth-order valence-corrected chi connectivity index (χ4v) is 4.29. The maximum Gasteiger partial charge on any atom is 0.475 e. The van der Waals surface area contributed by atoms with Crippen LogP contribution in [0, 0.1) is 5.92 Å². The van der Waals surface area contributed by atoms with E-state index in [4.69, 9.17) is 0 Å². The average molecular weight is 374 g/mol. The summed E-state index contributed by atoms with van der Waals surface area (Å²) in [6.45, 7) is 1.16. The highest BCUT2D eigenvalue weighted by atomic mass is 35.5. The third-order valence-electron chi connectivity index (χ3n) is 5.68. The molecule has 7 nitrogen and oxygen atoms in total. The Morgan fingerprint density at radius 3 is 2.48 bits per heavy atom. The lowest BCUT2D eigenvalue weighted by molar-refractivity contribution is -0.133. The van der Waals surface area contributed by atoms with Crippen molar-refractivity contribution in [1.29, 1.82) is 0 Å². The third-order valence-corrected chi connectivity index (χ3v) is 5.68. The summed E-state index contributed by atoms with van der Waals surface area (Å²) >= 11 is 0. The largest absolute Gasteiger partial charge is 0.475 e. The number of nitrogens with zero attached hydrogens (tertiary/aromatic N) is 1. The number of amides is 2. The Balaban J connectivity index is 0.00000225. The zero-order valence-corrected chi connectivity index (χ0v) is 15.3. The molecule has 0 radical (unpaired) electrons. The maximum absolute atomic E-state index is 12.6. The van der Waals surface area contributed by atoms with Crippen LogP contribution in [0.3, 0.4) is 0 Å². The Kier molecular flexibility index (Phi) is 7.55. The highest BCUT2D eigenvalue weighted by Crippen LogP contribution is 2.25. The quantitative estimate of drug-likeness (QED) is 0.513. The minimum atomic E-state index is -1.49. The Bertz CT molecular complexity index is 476. The number of hydrogen-bond donors (Lipinski definition) is 4. The molecule has 2 heterocycles. The van der Waals surface area contributed by atoms with Crippen LogP contribution in [0.2, 0.25) is 0 Å². The van der Waals surface area contributed by atoms with E-state index < -0.39 is 13.1 Å². The van der Waals surface area contributed by atoms with Gasteiger partial charge >= 0.3 is 7.12 Å². The van der Waals surface area contributed by atoms with Gasteiger partial charge in [0.15, 0.2) is 0 Å². The predicted octanol–water partition coefficient (Wildman–Crippen LogP) is -0.162. The fourth-order valence-electron chi connectivity index (χ4n) is 4.29. The van der Waals surface area contributed by atoms with Gasteiger partial charge in [-0.2, -0.15) is 0 Å². The van der Waals surface area contributed by atoms with Crippen LogP contribution in [0.5, 0.6) is 0 Å². The molecule has 0 aromatic rings. The molecular formula is C16H29BClN3O4. The van der Waals surface area contributed by atoms with E-state index in [0.29, 0.717) is 25.9 Å². The number of likely N-dealkylation sites (tertiary alicyclic amines) is 1. The van der Waals surface area contributed by atoms with Crippen LogP contribution >= 0.6 is 12.4 Å². The minimum Gasteiger partial charge on any atom is -0.426 e. The summed E-state index contributed by atoms with van der Waals surface area (Å²) in [7, 11) is -1.49. The molecule has 142 valence electrons. The van der Waals surface area contributed by atoms with Gasteiger partial charge in [0.05, 0.1) is 12.0 Å². The Morgan fingerprint density at radius 1 is 1.08 bits per heavy atom. The first-order valence-electron chi connectivity index (χ1n) is 9.26. The van der Waals surface area contributed by atoms with Crippen molar-refractivity contribution in [3.8, 4) is 0 Å². The monoisotopic (exact) mass is 373 g/mol. The van der Waals surface area contributed by atoms with Gasteiger partial charge in [-0.25, -0.2) is 0 Å². The van der Waals surface area contributed by atoms with Crippen LogP contribution in [0.25, 0.3) is 0 Å². The van der Waals surface area contributed by atoms with Crippen molar-refractivity contribution in [3.05, 3.63) is 0 Å². The molecule has 0 aromatic carbocycles. The Hall–Kier alpha value is -0.825. The van der Waals surface area contributed by atoms with Gasteiger partial charge in [-0.3, -0.25) is 9.59 Å². The highest BCUT2D eigenvalue weighted by molar-refractivity contribution is 6.43. The van der Waals surface area contributed by atoms with Crippen LogP contribution in [0.15, 0.2) is 0 Å². The van der Waals surface area contributed by atoms with Crippen molar-refractivity contribution in [3.63, 3.8) is 0 Å². The van der Waals surface area contributed by atoms with Crippen LogP contribution in [0.4, 0.5) is 0 Å². The molecule has 3 atom stereocenters. The maximum atomic E-state index is 12.6. The topological polar surface area (TPSA) is 102 Å². The van der Waals surface area contributed by atoms with Gasteiger partial charge in [-0.1, -0.05) is 19.3 Å². The molecule has 2 amide bonds. The van der Waals surface area contributed by atoms with Gasteiger partial charge in [-0.15, -0.1) is 12.4 Å². The van der Waals surface area contributed by atoms with Gasteiger partial charge in [0.2, 0.25) is 11.8 Å². The van der Waals surface area contributed by atoms with E-state index in [1.165, 1.54) is 6.42 Å². The highest BCUT2D eigenvalue weighted by Gasteiger charge is 2.41. The standard InChI is InChI=1S/C16H28BN3O4.ClH/c21-15(11-5-2-1-3-6-11)19-12-9-13(18-10-12)16(22)20-8-4-7-14(20)17(23)24;/h11-14,18,23-24H,1-10H2,(H,19,21);1H/t12-,13-,14-;/m0./s1. The molecule has 0 bridgehead atoms. The Morgan fingerprint density at radius 2 is 1.80 bits per heavy atom. The van der Waals surface area contributed by atoms with E-state index in [1.807, 2.05) is 0 Å². The van der Waals surface area contributed by atoms with Crippen molar-refractivity contribution in [1.82, 2.24) is 15.5 Å². The van der Waals surface area contributed by atoms with Crippen molar-refractivity contribution in [2.24, 2.45) is 5.92 Å². The molecule has 3 fully saturated rings. The number of nitrogens with one attached hydrogen (secondary N) is 2. The number of hydrogen-bond acceptors (Lipinski definition) is 5. The summed E-state index contributed by atoms with van der Waals surface area (Å²) in [5.41, 5.74) is 0. The summed E-state index contributed by atoms with van der Waals surface area (Å²) in [6.07, 6.45) is 7.40. The van der Waals surface area contributed by atoms with E-state index in [9.17, 15) is 19.6 Å². The van der Waals surface area contributed by atoms with Crippen molar-refractivity contribution < 1.29 is 19.6 Å². The van der Waals surface area contributed by atoms with E-state index in [-0.39, 0.29) is 42.2 Å². The van der Waals surface area contributed by atoms with Crippen LogP contribution in [-0.2, 0) is 9.59 Å². The number of carbonyl (C=O) groups excluding carboxylic acids is 2. The first kappa shape index (κ1) is 20.5. The first-order valence-corrected chi connectivity index (χ1v) is 9.26. The Labute approximate surface area is 155 Å². The van der Waals surface area contributed by atoms with Gasteiger partial charge in [0.25, 0.3) is 0 Å². The van der Waals surface area contributed by atoms with Gasteiger partial charge in [-0.05, 0) is 32.1 Å². The molecule has 2 saturated heterocycles. The molecule has 0 aromatic heterocycles. The van der Waals surface area contributed by atoms with Crippen LogP contribution in [0.1, 0.15) is 51.4 Å². The summed E-state index contributed by atoms with van der Waals surface area (Å²) in [5, 5.41) is 25.1. The lowest BCUT2D eigenvalue weighted by atomic mass is 9.77. The predicted molar refractivity (Wildman–Crippen MR) is 97.1 cm³/mol. The molecule has 2 aliphatic heterocycles. The number of halogens is 1. The van der Waals surface area contributed by atoms with E-state index in [0.717, 1.165) is 32.1 Å². The molecule has 0 unspecified atom stereocenters. The summed E-state index contributed by atoms with van der Waals surface area (Å²) in [5.74, 6) is -0.337. The molecular weight excluding hydrogens is 344 g/mol. The SMILES string of the molecule is Cl.O=C(N[C@@H]1CN[C@H](C(=O)N2CCC[C@H]2B(O)O)C1)C1CCCCC1. The number of rotatable bonds is 4. The molecule has 1 saturated carbocycles. The summed E-state index contributed by atoms with van der Waals surface area (Å²) in [4.78, 5) is 26.5. The van der Waals surface area contributed by atoms with E-state index in [1.54, 1.807) is 4.90 Å². The first-order chi connectivity index (χ1) is 11.6. The van der Waals surface area contributed by atoms with Gasteiger partial charge in [0, 0.05) is 25.0 Å². The second kappa shape index (κ2) is 9.21. The van der Waals surface area contributed by atoms with Crippen LogP contribution < -0.4 is 10.6 Å². The molecule has 3 rings (SSSR count). The molecule has 0 spiro atoms. The van der Waals surface area contributed by atoms with E-state index >= 15 is 0 Å². The van der Waals surface area contributed by atoms with Crippen molar-refractivity contribution >= 4 is 31.3 Å². The second-order valence-electron chi connectivity index (χ2n) is 7.39. The molecule has 9 heteroatoms. The molecule has 1 aliphatic carbocycles. The van der Waals surface area contributed by atoms with Crippen molar-refractivity contribution in [2.45, 2.75) is 69.4 Å². The van der Waals surface area contributed by atoms with Crippen molar-refractivity contribution in [2.75, 3.05) is 13.1 Å². The molecule has 4 N–H and O–H groups in total. The normalized spacial score (nSPS) is 30.0. The lowest BCUT2D eigenvalue weighted by Gasteiger charge is -2.27. The lowest BCUT2D eigenvalue weighted by Crippen LogP contribution is -2.51. The van der Waals surface area contributed by atoms with E-state index in [2.05, 4.69) is 10.6 Å². The minimum absolute atomic E-state index is 0. The number of carbonyl (C=O) groups is 2. The van der Waals surface area contributed by atoms with Gasteiger partial charge in [0.1, 0.15) is 0 Å². The summed E-state index contributed by atoms with van der Waals surface area (Å²) < 4.78 is 0.